The maximum atomic E-state index is 4.78. The first-order valence-corrected chi connectivity index (χ1v) is 9.43. The van der Waals surface area contributed by atoms with Gasteiger partial charge in [0.05, 0.1) is 5.69 Å². The van der Waals surface area contributed by atoms with E-state index in [0.717, 1.165) is 49.8 Å². The zero-order valence-corrected chi connectivity index (χ0v) is 16.4. The van der Waals surface area contributed by atoms with E-state index in [0.29, 0.717) is 5.92 Å². The Balaban J connectivity index is 1.72. The fourth-order valence-corrected chi connectivity index (χ4v) is 3.42. The second-order valence-electron chi connectivity index (χ2n) is 7.74. The van der Waals surface area contributed by atoms with Gasteiger partial charge in [-0.1, -0.05) is 13.8 Å². The quantitative estimate of drug-likeness (QED) is 0.804. The molecule has 6 nitrogen and oxygen atoms in total. The molecule has 1 fully saturated rings. The smallest absolute Gasteiger partial charge is 0.157 e. The zero-order valence-electron chi connectivity index (χ0n) is 16.4. The molecule has 3 heterocycles. The molecule has 0 aromatic carbocycles. The van der Waals surface area contributed by atoms with Crippen LogP contribution in [0.4, 0.5) is 5.82 Å². The molecular weight excluding hydrogens is 312 g/mol. The summed E-state index contributed by atoms with van der Waals surface area (Å²) in [7, 11) is 4.29. The second-order valence-corrected chi connectivity index (χ2v) is 7.74. The van der Waals surface area contributed by atoms with Gasteiger partial charge in [-0.2, -0.15) is 9.61 Å². The maximum Gasteiger partial charge on any atom is 0.157 e. The van der Waals surface area contributed by atoms with Gasteiger partial charge >= 0.3 is 0 Å². The van der Waals surface area contributed by atoms with E-state index in [9.17, 15) is 0 Å². The fourth-order valence-electron chi connectivity index (χ4n) is 3.42. The minimum Gasteiger partial charge on any atom is -0.354 e. The lowest BCUT2D eigenvalue weighted by Crippen LogP contribution is -2.47. The number of anilines is 1. The van der Waals surface area contributed by atoms with Gasteiger partial charge in [0.2, 0.25) is 0 Å². The monoisotopic (exact) mass is 344 g/mol. The second kappa shape index (κ2) is 7.70. The highest BCUT2D eigenvalue weighted by molar-refractivity contribution is 5.52. The Morgan fingerprint density at radius 2 is 1.84 bits per heavy atom. The van der Waals surface area contributed by atoms with Crippen molar-refractivity contribution in [1.29, 1.82) is 0 Å². The maximum absolute atomic E-state index is 4.78. The molecule has 138 valence electrons. The Hall–Kier alpha value is -1.66. The van der Waals surface area contributed by atoms with E-state index in [1.807, 2.05) is 11.4 Å². The van der Waals surface area contributed by atoms with Crippen molar-refractivity contribution in [1.82, 2.24) is 24.4 Å². The number of aryl methyl sites for hydroxylation is 1. The Morgan fingerprint density at radius 1 is 1.12 bits per heavy atom. The van der Waals surface area contributed by atoms with Crippen LogP contribution in [0.25, 0.3) is 5.65 Å². The molecule has 6 heteroatoms. The van der Waals surface area contributed by atoms with Gasteiger partial charge in [-0.15, -0.1) is 0 Å². The van der Waals surface area contributed by atoms with E-state index in [-0.39, 0.29) is 0 Å². The largest absolute Gasteiger partial charge is 0.354 e. The van der Waals surface area contributed by atoms with Crippen LogP contribution >= 0.6 is 0 Å². The SMILES string of the molecule is Cc1cc2nc(C(C)C)cc(N3CCN(CCCN(C)C)CC3)n2n1. The molecule has 0 spiro atoms. The summed E-state index contributed by atoms with van der Waals surface area (Å²) in [6.45, 7) is 13.1. The molecule has 1 aliphatic rings. The molecule has 25 heavy (non-hydrogen) atoms. The average Bonchev–Trinajstić information content (AvgIpc) is 2.94. The van der Waals surface area contributed by atoms with E-state index < -0.39 is 0 Å². The lowest BCUT2D eigenvalue weighted by atomic mass is 10.1. The van der Waals surface area contributed by atoms with Gasteiger partial charge in [0.15, 0.2) is 5.65 Å². The number of hydrogen-bond donors (Lipinski definition) is 0. The Bertz CT molecular complexity index is 697. The first-order chi connectivity index (χ1) is 11.9. The number of piperazine rings is 1. The molecule has 1 saturated heterocycles. The van der Waals surface area contributed by atoms with E-state index in [2.05, 4.69) is 59.9 Å². The van der Waals surface area contributed by atoms with Crippen LogP contribution in [0.1, 0.15) is 37.6 Å². The zero-order chi connectivity index (χ0) is 18.0. The van der Waals surface area contributed by atoms with Gasteiger partial charge in [0.1, 0.15) is 5.82 Å². The predicted octanol–water partition coefficient (Wildman–Crippen LogP) is 2.23. The molecule has 0 atom stereocenters. The van der Waals surface area contributed by atoms with Crippen LogP contribution in [0, 0.1) is 6.92 Å². The van der Waals surface area contributed by atoms with Gasteiger partial charge in [-0.3, -0.25) is 4.90 Å². The van der Waals surface area contributed by atoms with Gasteiger partial charge in [0, 0.05) is 44.0 Å². The molecule has 0 radical (unpaired) electrons. The van der Waals surface area contributed by atoms with Crippen molar-refractivity contribution in [3.05, 3.63) is 23.5 Å². The summed E-state index contributed by atoms with van der Waals surface area (Å²) in [6, 6.07) is 4.30. The van der Waals surface area contributed by atoms with Crippen molar-refractivity contribution < 1.29 is 0 Å². The lowest BCUT2D eigenvalue weighted by molar-refractivity contribution is 0.241. The third kappa shape index (κ3) is 4.30. The van der Waals surface area contributed by atoms with Crippen molar-refractivity contribution >= 4 is 11.5 Å². The molecule has 0 unspecified atom stereocenters. The van der Waals surface area contributed by atoms with Crippen LogP contribution in [0.5, 0.6) is 0 Å². The van der Waals surface area contributed by atoms with E-state index >= 15 is 0 Å². The molecule has 2 aromatic rings. The van der Waals surface area contributed by atoms with Crippen LogP contribution < -0.4 is 4.90 Å². The van der Waals surface area contributed by atoms with Crippen LogP contribution in [-0.4, -0.2) is 77.8 Å². The number of nitrogens with zero attached hydrogens (tertiary/aromatic N) is 6. The summed E-state index contributed by atoms with van der Waals surface area (Å²) in [4.78, 5) is 12.1. The third-order valence-corrected chi connectivity index (χ3v) is 4.92. The van der Waals surface area contributed by atoms with Crippen LogP contribution in [-0.2, 0) is 0 Å². The summed E-state index contributed by atoms with van der Waals surface area (Å²) in [6.07, 6.45) is 1.24. The lowest BCUT2D eigenvalue weighted by Gasteiger charge is -2.36. The molecule has 0 bridgehead atoms. The molecular formula is C19H32N6. The summed E-state index contributed by atoms with van der Waals surface area (Å²) < 4.78 is 2.02. The molecule has 3 rings (SSSR count). The number of rotatable bonds is 6. The molecule has 1 aliphatic heterocycles. The highest BCUT2D eigenvalue weighted by atomic mass is 15.4. The highest BCUT2D eigenvalue weighted by Crippen LogP contribution is 2.23. The number of aromatic nitrogens is 3. The van der Waals surface area contributed by atoms with Crippen molar-refractivity contribution in [3.8, 4) is 0 Å². The summed E-state index contributed by atoms with van der Waals surface area (Å²) in [5, 5.41) is 4.67. The highest BCUT2D eigenvalue weighted by Gasteiger charge is 2.21. The Morgan fingerprint density at radius 3 is 2.48 bits per heavy atom. The summed E-state index contributed by atoms with van der Waals surface area (Å²) >= 11 is 0. The van der Waals surface area contributed by atoms with Crippen LogP contribution in [0.15, 0.2) is 12.1 Å². The minimum atomic E-state index is 0.422. The van der Waals surface area contributed by atoms with Crippen LogP contribution in [0.2, 0.25) is 0 Å². The first-order valence-electron chi connectivity index (χ1n) is 9.43. The van der Waals surface area contributed by atoms with E-state index in [1.54, 1.807) is 0 Å². The first kappa shape index (κ1) is 18.1. The van der Waals surface area contributed by atoms with Gasteiger partial charge < -0.3 is 9.80 Å². The van der Waals surface area contributed by atoms with Gasteiger partial charge in [-0.05, 0) is 46.4 Å². The Labute approximate surface area is 151 Å². The van der Waals surface area contributed by atoms with Crippen molar-refractivity contribution in [2.45, 2.75) is 33.1 Å². The molecule has 0 aliphatic carbocycles. The fraction of sp³-hybridized carbons (Fsp3) is 0.684. The number of hydrogen-bond acceptors (Lipinski definition) is 5. The summed E-state index contributed by atoms with van der Waals surface area (Å²) in [5.41, 5.74) is 3.14. The Kier molecular flexibility index (Phi) is 5.59. The van der Waals surface area contributed by atoms with E-state index in [1.165, 1.54) is 18.8 Å². The standard InChI is InChI=1S/C19H32N6/c1-15(2)17-14-19(25-18(20-17)13-16(3)21-25)24-11-9-23(10-12-24)8-6-7-22(4)5/h13-15H,6-12H2,1-5H3. The van der Waals surface area contributed by atoms with E-state index in [4.69, 9.17) is 4.98 Å². The van der Waals surface area contributed by atoms with Gasteiger partial charge in [-0.25, -0.2) is 4.98 Å². The molecule has 0 amide bonds. The molecule has 0 N–H and O–H groups in total. The average molecular weight is 345 g/mol. The van der Waals surface area contributed by atoms with Gasteiger partial charge in [0.25, 0.3) is 0 Å². The number of fused-ring (bicyclic) bond motifs is 1. The molecule has 2 aromatic heterocycles. The van der Waals surface area contributed by atoms with Crippen molar-refractivity contribution in [2.24, 2.45) is 0 Å². The summed E-state index contributed by atoms with van der Waals surface area (Å²) in [5.74, 6) is 1.61. The van der Waals surface area contributed by atoms with Crippen LogP contribution in [0.3, 0.4) is 0 Å². The molecule has 0 saturated carbocycles. The minimum absolute atomic E-state index is 0.422. The topological polar surface area (TPSA) is 39.9 Å². The third-order valence-electron chi connectivity index (χ3n) is 4.92. The normalized spacial score (nSPS) is 16.5. The van der Waals surface area contributed by atoms with Crippen molar-refractivity contribution in [3.63, 3.8) is 0 Å². The predicted molar refractivity (Wildman–Crippen MR) is 104 cm³/mol. The van der Waals surface area contributed by atoms with Crippen molar-refractivity contribution in [2.75, 3.05) is 58.3 Å².